The number of ketones is 3. The molecule has 16 atom stereocenters. The molecule has 1 saturated carbocycles. The van der Waals surface area contributed by atoms with Crippen molar-refractivity contribution in [3.8, 4) is 0 Å². The number of allylic oxidation sites excluding steroid dienone is 6. The molecule has 408 valence electrons. The first kappa shape index (κ1) is 61.4. The van der Waals surface area contributed by atoms with Crippen molar-refractivity contribution >= 4 is 36.8 Å². The number of cyclic esters (lactones) is 1. The summed E-state index contributed by atoms with van der Waals surface area (Å²) < 4.78 is 54.4. The molecule has 16 nitrogen and oxygen atoms in total. The third-order valence-electron chi connectivity index (χ3n) is 15.3. The zero-order valence-electron chi connectivity index (χ0n) is 45.2. The smallest absolute Gasteiger partial charge is 0.329 e. The molecular weight excluding hydrogens is 946 g/mol. The van der Waals surface area contributed by atoms with E-state index in [0.717, 1.165) is 5.57 Å². The highest BCUT2D eigenvalue weighted by molar-refractivity contribution is 7.53. The summed E-state index contributed by atoms with van der Waals surface area (Å²) in [6.07, 6.45) is 11.6. The molecule has 1 amide bonds. The van der Waals surface area contributed by atoms with Crippen LogP contribution in [-0.4, -0.2) is 140 Å². The molecule has 2 bridgehead atoms. The van der Waals surface area contributed by atoms with Crippen LogP contribution in [-0.2, 0) is 61.3 Å². The number of ether oxygens (including phenoxy) is 5. The number of methoxy groups -OCH3 is 3. The van der Waals surface area contributed by atoms with E-state index in [2.05, 4.69) is 0 Å². The zero-order chi connectivity index (χ0) is 53.5. The number of amides is 1. The molecule has 4 rings (SSSR count). The molecule has 1 aliphatic carbocycles. The molecule has 4 aliphatic rings. The predicted molar refractivity (Wildman–Crippen MR) is 274 cm³/mol. The molecule has 17 heteroatoms. The minimum Gasteiger partial charge on any atom is -0.460 e. The minimum absolute atomic E-state index is 0.00915. The Bertz CT molecular complexity index is 2000. The second-order valence-electron chi connectivity index (χ2n) is 21.3. The molecule has 72 heavy (non-hydrogen) atoms. The molecule has 3 heterocycles. The number of aliphatic hydroxyl groups is 2. The second kappa shape index (κ2) is 28.6. The first-order chi connectivity index (χ1) is 34.0. The quantitative estimate of drug-likeness (QED) is 0.113. The molecule has 0 aromatic carbocycles. The summed E-state index contributed by atoms with van der Waals surface area (Å²) in [6.45, 7) is 16.4. The van der Waals surface area contributed by atoms with Gasteiger partial charge in [-0.3, -0.25) is 23.7 Å². The summed E-state index contributed by atoms with van der Waals surface area (Å²) in [5.74, 6) is -8.22. The number of rotatable bonds is 11. The van der Waals surface area contributed by atoms with Gasteiger partial charge in [0.25, 0.3) is 11.7 Å². The van der Waals surface area contributed by atoms with Crippen LogP contribution in [0.1, 0.15) is 139 Å². The van der Waals surface area contributed by atoms with Gasteiger partial charge in [-0.05, 0) is 113 Å². The van der Waals surface area contributed by atoms with Crippen molar-refractivity contribution in [3.63, 3.8) is 0 Å². The van der Waals surface area contributed by atoms with Crippen LogP contribution in [0.15, 0.2) is 47.6 Å². The molecule has 2 saturated heterocycles. The van der Waals surface area contributed by atoms with Gasteiger partial charge in [0.1, 0.15) is 18.2 Å². The minimum atomic E-state index is -3.33. The van der Waals surface area contributed by atoms with Crippen LogP contribution in [0, 0.1) is 35.5 Å². The highest BCUT2D eigenvalue weighted by Crippen LogP contribution is 2.49. The molecule has 0 aromatic rings. The number of esters is 1. The van der Waals surface area contributed by atoms with Gasteiger partial charge in [-0.2, -0.15) is 0 Å². The molecule has 0 radical (unpaired) electrons. The Labute approximate surface area is 429 Å². The Kier molecular flexibility index (Phi) is 24.4. The predicted octanol–water partition coefficient (Wildman–Crippen LogP) is 8.45. The summed E-state index contributed by atoms with van der Waals surface area (Å²) in [7, 11) is 1.20. The Morgan fingerprint density at radius 1 is 0.889 bits per heavy atom. The van der Waals surface area contributed by atoms with Crippen LogP contribution in [0.5, 0.6) is 0 Å². The topological polar surface area (TPSA) is 211 Å². The summed E-state index contributed by atoms with van der Waals surface area (Å²) in [6, 6.07) is -1.17. The van der Waals surface area contributed by atoms with Gasteiger partial charge in [-0.1, -0.05) is 78.0 Å². The molecule has 3 aliphatic heterocycles. The molecule has 0 aromatic heterocycles. The Hall–Kier alpha value is -3.18. The largest absolute Gasteiger partial charge is 0.460 e. The van der Waals surface area contributed by atoms with Crippen LogP contribution in [0.3, 0.4) is 0 Å². The van der Waals surface area contributed by atoms with Gasteiger partial charge >= 0.3 is 13.6 Å². The van der Waals surface area contributed by atoms with Crippen molar-refractivity contribution in [1.29, 1.82) is 0 Å². The summed E-state index contributed by atoms with van der Waals surface area (Å²) in [4.78, 5) is 72.4. The third kappa shape index (κ3) is 16.9. The van der Waals surface area contributed by atoms with Gasteiger partial charge in [0.05, 0.1) is 37.1 Å². The van der Waals surface area contributed by atoms with E-state index < -0.39 is 103 Å². The Morgan fingerprint density at radius 3 is 2.28 bits per heavy atom. The zero-order valence-corrected chi connectivity index (χ0v) is 46.1. The Morgan fingerprint density at radius 2 is 1.61 bits per heavy atom. The lowest BCUT2D eigenvalue weighted by molar-refractivity contribution is -0.265. The van der Waals surface area contributed by atoms with E-state index in [0.29, 0.717) is 82.8 Å². The van der Waals surface area contributed by atoms with E-state index in [1.165, 1.54) is 18.7 Å². The number of hydrogen-bond donors (Lipinski definition) is 2. The lowest BCUT2D eigenvalue weighted by Crippen LogP contribution is -2.61. The van der Waals surface area contributed by atoms with Crippen molar-refractivity contribution in [2.75, 3.05) is 41.1 Å². The maximum atomic E-state index is 14.5. The number of carbonyl (C=O) groups excluding carboxylic acids is 5. The van der Waals surface area contributed by atoms with Gasteiger partial charge in [-0.25, -0.2) is 4.79 Å². The highest BCUT2D eigenvalue weighted by atomic mass is 31.2. The molecule has 2 N–H and O–H groups in total. The maximum absolute atomic E-state index is 14.5. The number of piperidine rings is 1. The van der Waals surface area contributed by atoms with Crippen LogP contribution >= 0.6 is 7.60 Å². The van der Waals surface area contributed by atoms with E-state index in [-0.39, 0.29) is 42.8 Å². The van der Waals surface area contributed by atoms with Gasteiger partial charge in [0.2, 0.25) is 5.79 Å². The van der Waals surface area contributed by atoms with Gasteiger partial charge < -0.3 is 47.8 Å². The number of hydrogen-bond acceptors (Lipinski definition) is 15. The van der Waals surface area contributed by atoms with Crippen LogP contribution in [0.2, 0.25) is 0 Å². The van der Waals surface area contributed by atoms with Crippen molar-refractivity contribution in [1.82, 2.24) is 4.90 Å². The molecule has 0 spiro atoms. The monoisotopic (exact) mass is 1030 g/mol. The maximum Gasteiger partial charge on any atom is 0.329 e. The average Bonchev–Trinajstić information content (AvgIpc) is 3.35. The molecule has 4 unspecified atom stereocenters. The SMILES string of the molecule is CCCOP(C)(=O)O[C@@H]1CCC(C[C@@H](C)C2CC(=O)C(C)=CC(C)[C@@H](O)[C@@H](OC)C(=O)[C@H](C)C[C@H](C)C=CC=CC=C(C)[C@@H](OC)C[C@@H]3CC[C@@H](C)[C@@](O)(O3)C(=O)C(=O)N3CCCC[C@H]3C(=O)O2)C[C@H]1OC. The van der Waals surface area contributed by atoms with Crippen LogP contribution in [0.4, 0.5) is 0 Å². The van der Waals surface area contributed by atoms with Crippen molar-refractivity contribution in [2.45, 2.75) is 193 Å². The van der Waals surface area contributed by atoms with Gasteiger partial charge in [-0.15, -0.1) is 0 Å². The van der Waals surface area contributed by atoms with Crippen molar-refractivity contribution < 1.29 is 71.5 Å². The van der Waals surface area contributed by atoms with Gasteiger partial charge in [0, 0.05) is 65.1 Å². The van der Waals surface area contributed by atoms with Gasteiger partial charge in [0.15, 0.2) is 11.6 Å². The van der Waals surface area contributed by atoms with E-state index in [4.69, 9.17) is 32.7 Å². The van der Waals surface area contributed by atoms with Crippen molar-refractivity contribution in [3.05, 3.63) is 47.6 Å². The summed E-state index contributed by atoms with van der Waals surface area (Å²) >= 11 is 0. The highest BCUT2D eigenvalue weighted by Gasteiger charge is 2.53. The number of carbonyl (C=O) groups is 5. The summed E-state index contributed by atoms with van der Waals surface area (Å²) in [5, 5.41) is 23.5. The van der Waals surface area contributed by atoms with Crippen LogP contribution in [0.25, 0.3) is 0 Å². The number of fused-ring (bicyclic) bond motifs is 3. The van der Waals surface area contributed by atoms with E-state index in [1.807, 2.05) is 65.0 Å². The Balaban J connectivity index is 1.69. The number of nitrogens with zero attached hydrogens (tertiary/aromatic N) is 1. The van der Waals surface area contributed by atoms with Crippen molar-refractivity contribution in [2.24, 2.45) is 35.5 Å². The van der Waals surface area contributed by atoms with E-state index in [1.54, 1.807) is 41.1 Å². The van der Waals surface area contributed by atoms with E-state index in [9.17, 15) is 38.8 Å². The first-order valence-electron chi connectivity index (χ1n) is 26.4. The molecule has 3 fully saturated rings. The fourth-order valence-electron chi connectivity index (χ4n) is 10.8. The lowest BCUT2D eigenvalue weighted by atomic mass is 9.78. The third-order valence-corrected chi connectivity index (χ3v) is 16.6. The summed E-state index contributed by atoms with van der Waals surface area (Å²) in [5.41, 5.74) is 1.17. The lowest BCUT2D eigenvalue weighted by Gasteiger charge is -2.42. The normalized spacial score (nSPS) is 36.2. The molecular formula is C55H88NO15P. The fourth-order valence-corrected chi connectivity index (χ4v) is 12.1. The van der Waals surface area contributed by atoms with E-state index >= 15 is 0 Å². The number of Topliss-reactive ketones (excluding diaryl/α,β-unsaturated/α-hetero) is 3. The average molecular weight is 1030 g/mol. The first-order valence-corrected chi connectivity index (χ1v) is 28.4. The standard InChI is InChI=1S/C55H88NO15P/c1-13-27-68-72(12,64)71-45-25-23-41(31-48(45)66-10)30-37(5)47-33-44(57)36(4)29-39(7)50(59)51(67-11)49(58)38(6)28-34(2)19-15-14-16-20-35(3)46(65-9)32-42-24-22-40(8)55(63,70-42)52(60)53(61)56-26-18-17-21-43(56)54(62)69-47/h14-16,19-20,29,34,37-43,45-48,50-51,59,63H,13,17-18,21-28,30-33H2,1-12H3/t34-,37-,38-,39?,40-,41?,42+,43+,45-,46+,47?,48-,50-,51+,55-,72?/m1/s1. The van der Waals surface area contributed by atoms with Crippen LogP contribution < -0.4 is 0 Å². The second-order valence-corrected chi connectivity index (χ2v) is 23.3. The fraction of sp³-hybridized carbons (Fsp3) is 0.764. The number of aliphatic hydroxyl groups excluding tert-OH is 1.